The second-order valence-corrected chi connectivity index (χ2v) is 3.85. The highest BCUT2D eigenvalue weighted by Gasteiger charge is 2.04. The van der Waals surface area contributed by atoms with E-state index in [9.17, 15) is 9.18 Å². The normalized spacial score (nSPS) is 10.0. The van der Waals surface area contributed by atoms with Crippen LogP contribution in [0.3, 0.4) is 0 Å². The summed E-state index contributed by atoms with van der Waals surface area (Å²) in [6, 6.07) is 7.41. The molecule has 0 unspecified atom stereocenters. The van der Waals surface area contributed by atoms with Crippen LogP contribution in [0.2, 0.25) is 0 Å². The number of halogens is 1. The van der Waals surface area contributed by atoms with Crippen molar-refractivity contribution in [3.8, 4) is 6.07 Å². The van der Waals surface area contributed by atoms with Crippen molar-refractivity contribution in [2.45, 2.75) is 6.54 Å². The van der Waals surface area contributed by atoms with Crippen molar-refractivity contribution in [2.75, 3.05) is 5.73 Å². The van der Waals surface area contributed by atoms with E-state index in [0.717, 1.165) is 0 Å². The number of benzene rings is 1. The highest BCUT2D eigenvalue weighted by Crippen LogP contribution is 2.12. The number of rotatable bonds is 2. The molecule has 1 aromatic carbocycles. The second kappa shape index (κ2) is 4.72. The van der Waals surface area contributed by atoms with Crippen LogP contribution < -0.4 is 11.2 Å². The van der Waals surface area contributed by atoms with Crippen LogP contribution in [0.25, 0.3) is 0 Å². The molecule has 0 amide bonds. The maximum atomic E-state index is 13.6. The van der Waals surface area contributed by atoms with Gasteiger partial charge in [0.1, 0.15) is 5.82 Å². The van der Waals surface area contributed by atoms with Gasteiger partial charge in [-0.3, -0.25) is 4.79 Å². The van der Waals surface area contributed by atoms with E-state index in [1.807, 2.05) is 6.07 Å². The standard InChI is InChI=1S/C13H10FN3O/c14-11-2-1-9(6-15)5-10(11)7-17-4-3-13(18)12(16)8-17/h1-5,8H,7,16H2. The minimum Gasteiger partial charge on any atom is -0.394 e. The molecule has 0 aliphatic heterocycles. The molecule has 0 bridgehead atoms. The van der Waals surface area contributed by atoms with Crippen LogP contribution in [0.5, 0.6) is 0 Å². The van der Waals surface area contributed by atoms with Crippen molar-refractivity contribution >= 4 is 5.69 Å². The van der Waals surface area contributed by atoms with Crippen LogP contribution in [-0.2, 0) is 6.54 Å². The lowest BCUT2D eigenvalue weighted by molar-refractivity contribution is 0.599. The van der Waals surface area contributed by atoms with E-state index in [1.54, 1.807) is 4.57 Å². The zero-order valence-corrected chi connectivity index (χ0v) is 9.43. The zero-order valence-electron chi connectivity index (χ0n) is 9.43. The zero-order chi connectivity index (χ0) is 13.1. The first-order valence-electron chi connectivity index (χ1n) is 5.24. The minimum atomic E-state index is -0.397. The number of nitrogens with zero attached hydrogens (tertiary/aromatic N) is 2. The number of nitriles is 1. The molecule has 4 nitrogen and oxygen atoms in total. The van der Waals surface area contributed by atoms with Crippen molar-refractivity contribution in [2.24, 2.45) is 0 Å². The van der Waals surface area contributed by atoms with Crippen LogP contribution in [-0.4, -0.2) is 4.57 Å². The van der Waals surface area contributed by atoms with Crippen LogP contribution in [0, 0.1) is 17.1 Å². The van der Waals surface area contributed by atoms with E-state index in [-0.39, 0.29) is 17.7 Å². The van der Waals surface area contributed by atoms with Gasteiger partial charge in [-0.2, -0.15) is 5.26 Å². The SMILES string of the molecule is N#Cc1ccc(F)c(Cn2ccc(=O)c(N)c2)c1. The van der Waals surface area contributed by atoms with Gasteiger partial charge in [0.15, 0.2) is 0 Å². The van der Waals surface area contributed by atoms with Gasteiger partial charge in [-0.25, -0.2) is 4.39 Å². The van der Waals surface area contributed by atoms with E-state index in [1.165, 1.54) is 36.7 Å². The molecule has 0 aliphatic rings. The lowest BCUT2D eigenvalue weighted by Gasteiger charge is -2.08. The molecule has 0 saturated heterocycles. The summed E-state index contributed by atoms with van der Waals surface area (Å²) in [6.45, 7) is 0.214. The smallest absolute Gasteiger partial charge is 0.204 e. The minimum absolute atomic E-state index is 0.106. The molecule has 0 spiro atoms. The van der Waals surface area contributed by atoms with Crippen molar-refractivity contribution < 1.29 is 4.39 Å². The molecule has 18 heavy (non-hydrogen) atoms. The summed E-state index contributed by atoms with van der Waals surface area (Å²) in [7, 11) is 0. The Morgan fingerprint density at radius 2 is 2.17 bits per heavy atom. The summed E-state index contributed by atoms with van der Waals surface area (Å²) in [5, 5.41) is 8.76. The maximum Gasteiger partial charge on any atom is 0.204 e. The molecule has 2 rings (SSSR count). The van der Waals surface area contributed by atoms with Crippen LogP contribution in [0.1, 0.15) is 11.1 Å². The Kier molecular flexibility index (Phi) is 3.11. The number of hydrogen-bond donors (Lipinski definition) is 1. The summed E-state index contributed by atoms with van der Waals surface area (Å²) in [4.78, 5) is 11.1. The van der Waals surface area contributed by atoms with Gasteiger partial charge in [-0.1, -0.05) is 0 Å². The first-order valence-corrected chi connectivity index (χ1v) is 5.24. The summed E-state index contributed by atoms with van der Waals surface area (Å²) >= 11 is 0. The molecule has 0 radical (unpaired) electrons. The molecule has 1 aromatic heterocycles. The summed E-state index contributed by atoms with van der Waals surface area (Å²) in [6.07, 6.45) is 2.97. The Hall–Kier alpha value is -2.61. The quantitative estimate of drug-likeness (QED) is 0.868. The lowest BCUT2D eigenvalue weighted by Crippen LogP contribution is -2.11. The molecule has 2 aromatic rings. The number of nitrogens with two attached hydrogens (primary N) is 1. The number of anilines is 1. The summed E-state index contributed by atoms with van der Waals surface area (Å²) < 4.78 is 15.1. The highest BCUT2D eigenvalue weighted by molar-refractivity contribution is 5.36. The van der Waals surface area contributed by atoms with Crippen LogP contribution in [0.15, 0.2) is 41.5 Å². The molecule has 90 valence electrons. The molecular weight excluding hydrogens is 233 g/mol. The van der Waals surface area contributed by atoms with Crippen molar-refractivity contribution in [3.63, 3.8) is 0 Å². The number of pyridine rings is 1. The average molecular weight is 243 g/mol. The van der Waals surface area contributed by atoms with Crippen LogP contribution >= 0.6 is 0 Å². The third-order valence-electron chi connectivity index (χ3n) is 2.53. The van der Waals surface area contributed by atoms with Gasteiger partial charge >= 0.3 is 0 Å². The fraction of sp³-hybridized carbons (Fsp3) is 0.0769. The van der Waals surface area contributed by atoms with Gasteiger partial charge in [0, 0.05) is 24.0 Å². The Labute approximate surface area is 103 Å². The summed E-state index contributed by atoms with van der Waals surface area (Å²) in [5.41, 5.74) is 6.09. The molecule has 0 fully saturated rings. The Balaban J connectivity index is 2.36. The van der Waals surface area contributed by atoms with E-state index in [2.05, 4.69) is 0 Å². The predicted molar refractivity (Wildman–Crippen MR) is 65.3 cm³/mol. The van der Waals surface area contributed by atoms with Crippen molar-refractivity contribution in [1.29, 1.82) is 5.26 Å². The second-order valence-electron chi connectivity index (χ2n) is 3.85. The predicted octanol–water partition coefficient (Wildman–Crippen LogP) is 1.49. The fourth-order valence-electron chi connectivity index (χ4n) is 1.61. The third kappa shape index (κ3) is 2.38. The fourth-order valence-corrected chi connectivity index (χ4v) is 1.61. The molecule has 1 heterocycles. The Bertz CT molecular complexity index is 685. The average Bonchev–Trinajstić information content (AvgIpc) is 2.36. The molecular formula is C13H10FN3O. The molecule has 0 atom stereocenters. The largest absolute Gasteiger partial charge is 0.394 e. The van der Waals surface area contributed by atoms with E-state index >= 15 is 0 Å². The first kappa shape index (κ1) is 11.9. The third-order valence-corrected chi connectivity index (χ3v) is 2.53. The van der Waals surface area contributed by atoms with Gasteiger partial charge in [0.05, 0.1) is 23.9 Å². The maximum absolute atomic E-state index is 13.6. The highest BCUT2D eigenvalue weighted by atomic mass is 19.1. The van der Waals surface area contributed by atoms with Gasteiger partial charge in [-0.05, 0) is 18.2 Å². The van der Waals surface area contributed by atoms with E-state index in [0.29, 0.717) is 11.1 Å². The van der Waals surface area contributed by atoms with Gasteiger partial charge in [0.25, 0.3) is 0 Å². The Morgan fingerprint density at radius 1 is 1.39 bits per heavy atom. The number of hydrogen-bond acceptors (Lipinski definition) is 3. The van der Waals surface area contributed by atoms with Gasteiger partial charge in [-0.15, -0.1) is 0 Å². The molecule has 2 N–H and O–H groups in total. The first-order chi connectivity index (χ1) is 8.60. The molecule has 0 saturated carbocycles. The molecule has 5 heteroatoms. The van der Waals surface area contributed by atoms with Crippen molar-refractivity contribution in [3.05, 3.63) is 63.8 Å². The van der Waals surface area contributed by atoms with Crippen molar-refractivity contribution in [1.82, 2.24) is 4.57 Å². The van der Waals surface area contributed by atoms with E-state index in [4.69, 9.17) is 11.0 Å². The van der Waals surface area contributed by atoms with Gasteiger partial charge < -0.3 is 10.3 Å². The lowest BCUT2D eigenvalue weighted by atomic mass is 10.1. The monoisotopic (exact) mass is 243 g/mol. The van der Waals surface area contributed by atoms with E-state index < -0.39 is 5.82 Å². The topological polar surface area (TPSA) is 71.8 Å². The number of nitrogen functional groups attached to an aromatic ring is 1. The van der Waals surface area contributed by atoms with Gasteiger partial charge in [0.2, 0.25) is 5.43 Å². The van der Waals surface area contributed by atoms with Crippen LogP contribution in [0.4, 0.5) is 10.1 Å². The molecule has 0 aliphatic carbocycles. The Morgan fingerprint density at radius 3 is 2.83 bits per heavy atom. The summed E-state index contributed by atoms with van der Waals surface area (Å²) in [5.74, 6) is -0.397. The number of aromatic nitrogens is 1.